The van der Waals surface area contributed by atoms with Crippen LogP contribution in [0, 0.1) is 0 Å². The highest BCUT2D eigenvalue weighted by Gasteiger charge is 2.38. The van der Waals surface area contributed by atoms with Crippen LogP contribution in [0.3, 0.4) is 0 Å². The fraction of sp³-hybridized carbons (Fsp3) is 0.628. The Morgan fingerprint density at radius 1 is 0.676 bits per heavy atom. The summed E-state index contributed by atoms with van der Waals surface area (Å²) in [6.07, 6.45) is 1.07. The van der Waals surface area contributed by atoms with E-state index < -0.39 is 59.8 Å². The van der Waals surface area contributed by atoms with Crippen LogP contribution < -0.4 is 31.9 Å². The smallest absolute Gasteiger partial charge is 0.250 e. The molecule has 2 heterocycles. The molecule has 68 heavy (non-hydrogen) atoms. The van der Waals surface area contributed by atoms with Crippen LogP contribution in [0.15, 0.2) is 24.3 Å². The third kappa shape index (κ3) is 25.7. The van der Waals surface area contributed by atoms with Gasteiger partial charge >= 0.3 is 0 Å². The van der Waals surface area contributed by atoms with E-state index in [-0.39, 0.29) is 98.7 Å². The van der Waals surface area contributed by atoms with Crippen LogP contribution in [0.2, 0.25) is 0 Å². The van der Waals surface area contributed by atoms with Crippen LogP contribution in [0.4, 0.5) is 5.69 Å². The molecule has 2 atom stereocenters. The van der Waals surface area contributed by atoms with E-state index in [9.17, 15) is 47.9 Å². The number of nitrogens with zero attached hydrogens (tertiary/aromatic N) is 1. The fourth-order valence-electron chi connectivity index (χ4n) is 5.87. The Morgan fingerprint density at radius 2 is 1.29 bits per heavy atom. The number of thioether (sulfide) groups is 1. The molecular formula is C43H63N7O15S3. The molecule has 0 saturated carbocycles. The van der Waals surface area contributed by atoms with Crippen molar-refractivity contribution in [2.75, 3.05) is 110 Å². The van der Waals surface area contributed by atoms with Crippen molar-refractivity contribution in [3.05, 3.63) is 29.8 Å². The fourth-order valence-corrected chi connectivity index (χ4v) is 8.30. The molecule has 6 N–H and O–H groups in total. The number of benzene rings is 1. The van der Waals surface area contributed by atoms with Crippen LogP contribution in [0.1, 0.15) is 51.0 Å². The molecule has 0 bridgehead atoms. The van der Waals surface area contributed by atoms with E-state index in [1.807, 2.05) is 0 Å². The molecule has 25 heteroatoms. The standard InChI is InChI=1S/C43H63N7O15S3/c1-29(51)32(26-47-39(57)27-65-28-40(58)48-31-6-3-30(4-7-31)5-8-36(54)45-13-9-35(53)44-2)49-38(56)12-24-66-34-25-41(59)50(42(34)60)15-10-37(55)46-14-17-62-19-21-64-23-22-63-20-18-61-16-11-33(52)43-67-68-43/h3-4,6-7,32,34,43H,5,8-28H2,1-2H3,(H,44,53)(H,45,54)(H,46,55)(H,47,57)(H,48,58)(H,49,56)/t32-,34?/m1/s1. The Balaban J connectivity index is 1.17. The number of nitrogens with one attached hydrogen (secondary N) is 6. The number of amides is 8. The second-order valence-electron chi connectivity index (χ2n) is 15.0. The number of carbonyl (C=O) groups is 10. The first kappa shape index (κ1) is 57.7. The van der Waals surface area contributed by atoms with Crippen molar-refractivity contribution in [1.82, 2.24) is 31.5 Å². The summed E-state index contributed by atoms with van der Waals surface area (Å²) in [6.45, 7) is 3.37. The molecule has 378 valence electrons. The molecule has 0 aliphatic carbocycles. The number of hydrogen-bond acceptors (Lipinski definition) is 18. The van der Waals surface area contributed by atoms with E-state index in [4.69, 9.17) is 23.7 Å². The molecule has 0 spiro atoms. The van der Waals surface area contributed by atoms with Crippen LogP contribution >= 0.6 is 33.3 Å². The minimum absolute atomic E-state index is 0.0719. The minimum Gasteiger partial charge on any atom is -0.379 e. The number of anilines is 1. The normalized spacial score (nSPS) is 14.8. The van der Waals surface area contributed by atoms with Gasteiger partial charge in [-0.3, -0.25) is 52.8 Å². The molecule has 3 rings (SSSR count). The monoisotopic (exact) mass is 1010 g/mol. The van der Waals surface area contributed by atoms with Gasteiger partial charge in [-0.1, -0.05) is 33.7 Å². The van der Waals surface area contributed by atoms with Gasteiger partial charge in [-0.05, 0) is 31.0 Å². The number of likely N-dealkylation sites (tertiary alicyclic amines) is 1. The van der Waals surface area contributed by atoms with Crippen molar-refractivity contribution in [1.29, 1.82) is 0 Å². The quantitative estimate of drug-likeness (QED) is 0.0211. The lowest BCUT2D eigenvalue weighted by Gasteiger charge is -2.17. The maximum Gasteiger partial charge on any atom is 0.250 e. The highest BCUT2D eigenvalue weighted by Crippen LogP contribution is 2.53. The first-order chi connectivity index (χ1) is 32.7. The Hall–Kier alpha value is -4.63. The number of rotatable bonds is 38. The first-order valence-corrected chi connectivity index (χ1v) is 25.5. The zero-order chi connectivity index (χ0) is 49.5. The molecule has 2 aliphatic rings. The van der Waals surface area contributed by atoms with Gasteiger partial charge in [0.05, 0.1) is 58.1 Å². The van der Waals surface area contributed by atoms with Crippen molar-refractivity contribution >= 4 is 97.9 Å². The number of ether oxygens (including phenoxy) is 5. The number of carbonyl (C=O) groups excluding carboxylic acids is 10. The van der Waals surface area contributed by atoms with Gasteiger partial charge < -0.3 is 55.6 Å². The van der Waals surface area contributed by atoms with Gasteiger partial charge in [0, 0.05) is 83.2 Å². The van der Waals surface area contributed by atoms with Crippen molar-refractivity contribution < 1.29 is 71.6 Å². The van der Waals surface area contributed by atoms with Gasteiger partial charge in [-0.2, -0.15) is 0 Å². The van der Waals surface area contributed by atoms with Gasteiger partial charge in [-0.25, -0.2) is 0 Å². The summed E-state index contributed by atoms with van der Waals surface area (Å²) in [7, 11) is 4.67. The average Bonchev–Trinajstić information content (AvgIpc) is 4.13. The van der Waals surface area contributed by atoms with Gasteiger partial charge in [0.2, 0.25) is 47.3 Å². The molecule has 22 nitrogen and oxygen atoms in total. The maximum atomic E-state index is 12.9. The predicted molar refractivity (Wildman–Crippen MR) is 253 cm³/mol. The van der Waals surface area contributed by atoms with E-state index in [0.717, 1.165) is 22.2 Å². The van der Waals surface area contributed by atoms with Crippen LogP contribution in [0.5, 0.6) is 0 Å². The molecule has 0 aromatic heterocycles. The lowest BCUT2D eigenvalue weighted by atomic mass is 10.1. The summed E-state index contributed by atoms with van der Waals surface area (Å²) in [5.74, 6) is -3.26. The minimum atomic E-state index is -1.04. The summed E-state index contributed by atoms with van der Waals surface area (Å²) >= 11 is 1.12. The molecule has 2 aliphatic heterocycles. The zero-order valence-corrected chi connectivity index (χ0v) is 40.8. The molecular weight excluding hydrogens is 951 g/mol. The second-order valence-corrected chi connectivity index (χ2v) is 19.1. The number of Topliss-reactive ketones (excluding diaryl/α,β-unsaturated/α-hetero) is 2. The second kappa shape index (κ2) is 33.8. The van der Waals surface area contributed by atoms with Crippen molar-refractivity contribution in [3.63, 3.8) is 0 Å². The van der Waals surface area contributed by atoms with Crippen LogP contribution in [-0.4, -0.2) is 185 Å². The maximum absolute atomic E-state index is 12.9. The third-order valence-electron chi connectivity index (χ3n) is 9.67. The topological polar surface area (TPSA) is 292 Å². The lowest BCUT2D eigenvalue weighted by Crippen LogP contribution is -2.48. The van der Waals surface area contributed by atoms with Gasteiger partial charge in [0.15, 0.2) is 11.6 Å². The van der Waals surface area contributed by atoms with Crippen molar-refractivity contribution in [2.45, 2.75) is 67.7 Å². The molecule has 2 fully saturated rings. The molecule has 8 amide bonds. The Kier molecular flexibility index (Phi) is 28.7. The number of hydrogen-bond donors (Lipinski definition) is 6. The van der Waals surface area contributed by atoms with E-state index in [2.05, 4.69) is 31.9 Å². The zero-order valence-electron chi connectivity index (χ0n) is 38.4. The molecule has 2 saturated heterocycles. The Labute approximate surface area is 407 Å². The predicted octanol–water partition coefficient (Wildman–Crippen LogP) is -0.480. The molecule has 0 radical (unpaired) electrons. The van der Waals surface area contributed by atoms with E-state index in [1.165, 1.54) is 14.0 Å². The Bertz CT molecular complexity index is 1840. The van der Waals surface area contributed by atoms with Gasteiger partial charge in [0.1, 0.15) is 23.8 Å². The number of aryl methyl sites for hydroxylation is 1. The van der Waals surface area contributed by atoms with Crippen LogP contribution in [0.25, 0.3) is 0 Å². The molecule has 1 aromatic rings. The van der Waals surface area contributed by atoms with Gasteiger partial charge in [-0.15, -0.1) is 11.8 Å². The van der Waals surface area contributed by atoms with E-state index >= 15 is 0 Å². The van der Waals surface area contributed by atoms with Crippen molar-refractivity contribution in [3.8, 4) is 0 Å². The summed E-state index contributed by atoms with van der Waals surface area (Å²) < 4.78 is 27.0. The molecule has 1 aromatic carbocycles. The summed E-state index contributed by atoms with van der Waals surface area (Å²) in [5.41, 5.74) is 1.34. The number of imide groups is 1. The van der Waals surface area contributed by atoms with Gasteiger partial charge in [0.25, 0.3) is 0 Å². The summed E-state index contributed by atoms with van der Waals surface area (Å²) in [5, 5.41) is 14.8. The lowest BCUT2D eigenvalue weighted by molar-refractivity contribution is -0.139. The Morgan fingerprint density at radius 3 is 1.94 bits per heavy atom. The largest absolute Gasteiger partial charge is 0.379 e. The summed E-state index contributed by atoms with van der Waals surface area (Å²) in [4.78, 5) is 123. The highest BCUT2D eigenvalue weighted by atomic mass is 33.2. The first-order valence-electron chi connectivity index (χ1n) is 22.1. The summed E-state index contributed by atoms with van der Waals surface area (Å²) in [6, 6.07) is 5.79. The SMILES string of the molecule is CNC(=O)CCNC(=O)CCc1ccc(NC(=O)COCC(=O)NC[C@@H](NC(=O)CCSC2CC(=O)N(CCC(=O)NCCOCCOCCOCCOCCC(=O)C3SS3)C2=O)C(C)=O)cc1. The van der Waals surface area contributed by atoms with E-state index in [0.29, 0.717) is 64.8 Å². The average molecular weight is 1010 g/mol. The van der Waals surface area contributed by atoms with E-state index in [1.54, 1.807) is 45.9 Å². The number of ketones is 2. The molecule has 1 unspecified atom stereocenters. The van der Waals surface area contributed by atoms with Crippen molar-refractivity contribution in [2.24, 2.45) is 0 Å². The highest BCUT2D eigenvalue weighted by molar-refractivity contribution is 8.93. The third-order valence-corrected chi connectivity index (χ3v) is 12.9. The van der Waals surface area contributed by atoms with Crippen LogP contribution in [-0.2, 0) is 78.1 Å².